The quantitative estimate of drug-likeness (QED) is 0.215. The molecule has 0 saturated heterocycles. The first-order valence-electron chi connectivity index (χ1n) is 10.9. The fourth-order valence-electron chi connectivity index (χ4n) is 3.10. The molecule has 0 aliphatic carbocycles. The summed E-state index contributed by atoms with van der Waals surface area (Å²) in [4.78, 5) is 34.5. The van der Waals surface area contributed by atoms with Gasteiger partial charge in [0.1, 0.15) is 17.3 Å². The SMILES string of the molecule is C=CC(=O)OCCc1ccc(OC(=O)/C=C/c2ccc(-c3ccc(OC(=O)C=C)cc3)c(F)c2)cc1. The maximum absolute atomic E-state index is 14.7. The Hall–Kier alpha value is -4.78. The normalized spacial score (nSPS) is 10.5. The average Bonchev–Trinajstić information content (AvgIpc) is 2.89. The van der Waals surface area contributed by atoms with E-state index in [0.717, 1.165) is 17.7 Å². The molecule has 0 aliphatic heterocycles. The van der Waals surface area contributed by atoms with Crippen molar-refractivity contribution in [1.29, 1.82) is 0 Å². The summed E-state index contributed by atoms with van der Waals surface area (Å²) < 4.78 is 29.9. The molecule has 0 N–H and O–H groups in total. The highest BCUT2D eigenvalue weighted by Crippen LogP contribution is 2.26. The number of esters is 3. The van der Waals surface area contributed by atoms with Crippen molar-refractivity contribution in [3.63, 3.8) is 0 Å². The zero-order valence-electron chi connectivity index (χ0n) is 19.3. The highest BCUT2D eigenvalue weighted by atomic mass is 19.1. The van der Waals surface area contributed by atoms with Crippen molar-refractivity contribution in [1.82, 2.24) is 0 Å². The van der Waals surface area contributed by atoms with Gasteiger partial charge < -0.3 is 14.2 Å². The van der Waals surface area contributed by atoms with E-state index in [0.29, 0.717) is 34.6 Å². The van der Waals surface area contributed by atoms with Crippen LogP contribution in [-0.4, -0.2) is 24.5 Å². The molecule has 0 saturated carbocycles. The molecule has 3 aromatic rings. The second-order valence-electron chi connectivity index (χ2n) is 7.41. The Balaban J connectivity index is 1.56. The average molecular weight is 486 g/mol. The zero-order chi connectivity index (χ0) is 25.9. The van der Waals surface area contributed by atoms with Crippen molar-refractivity contribution >= 4 is 24.0 Å². The molecule has 0 heterocycles. The molecule has 0 aliphatic rings. The monoisotopic (exact) mass is 486 g/mol. The summed E-state index contributed by atoms with van der Waals surface area (Å²) in [6.07, 6.45) is 5.33. The van der Waals surface area contributed by atoms with Crippen molar-refractivity contribution in [2.24, 2.45) is 0 Å². The second kappa shape index (κ2) is 12.6. The second-order valence-corrected chi connectivity index (χ2v) is 7.41. The van der Waals surface area contributed by atoms with Crippen LogP contribution >= 0.6 is 0 Å². The molecule has 0 aromatic heterocycles. The van der Waals surface area contributed by atoms with Crippen molar-refractivity contribution in [2.45, 2.75) is 6.42 Å². The lowest BCUT2D eigenvalue weighted by atomic mass is 10.0. The van der Waals surface area contributed by atoms with Gasteiger partial charge in [-0.15, -0.1) is 0 Å². The summed E-state index contributed by atoms with van der Waals surface area (Å²) in [7, 11) is 0. The molecule has 6 nitrogen and oxygen atoms in total. The van der Waals surface area contributed by atoms with E-state index in [2.05, 4.69) is 13.2 Å². The summed E-state index contributed by atoms with van der Waals surface area (Å²) in [6.45, 7) is 6.89. The highest BCUT2D eigenvalue weighted by Gasteiger charge is 2.08. The Morgan fingerprint density at radius 2 is 1.39 bits per heavy atom. The van der Waals surface area contributed by atoms with Gasteiger partial charge in [-0.1, -0.05) is 49.6 Å². The molecular formula is C29H23FO6. The predicted octanol–water partition coefficient (Wildman–Crippen LogP) is 5.47. The molecule has 7 heteroatoms. The third-order valence-electron chi connectivity index (χ3n) is 4.90. The van der Waals surface area contributed by atoms with Gasteiger partial charge in [0.05, 0.1) is 6.61 Å². The Labute approximate surface area is 207 Å². The van der Waals surface area contributed by atoms with Gasteiger partial charge in [0.2, 0.25) is 0 Å². The molecule has 0 unspecified atom stereocenters. The van der Waals surface area contributed by atoms with Gasteiger partial charge in [-0.25, -0.2) is 18.8 Å². The maximum Gasteiger partial charge on any atom is 0.336 e. The van der Waals surface area contributed by atoms with Crippen LogP contribution in [-0.2, 0) is 25.5 Å². The number of halogens is 1. The molecule has 3 rings (SSSR count). The van der Waals surface area contributed by atoms with Crippen molar-refractivity contribution < 1.29 is 33.0 Å². The molecule has 3 aromatic carbocycles. The van der Waals surface area contributed by atoms with Gasteiger partial charge in [-0.05, 0) is 53.1 Å². The first-order chi connectivity index (χ1) is 17.4. The van der Waals surface area contributed by atoms with E-state index in [-0.39, 0.29) is 6.61 Å². The van der Waals surface area contributed by atoms with Crippen LogP contribution in [0.2, 0.25) is 0 Å². The van der Waals surface area contributed by atoms with E-state index in [9.17, 15) is 18.8 Å². The van der Waals surface area contributed by atoms with Gasteiger partial charge in [-0.2, -0.15) is 0 Å². The van der Waals surface area contributed by atoms with Gasteiger partial charge in [0.15, 0.2) is 0 Å². The lowest BCUT2D eigenvalue weighted by molar-refractivity contribution is -0.137. The summed E-state index contributed by atoms with van der Waals surface area (Å²) in [5.74, 6) is -1.48. The molecule has 182 valence electrons. The van der Waals surface area contributed by atoms with E-state index in [1.807, 2.05) is 0 Å². The van der Waals surface area contributed by atoms with E-state index in [1.54, 1.807) is 60.7 Å². The van der Waals surface area contributed by atoms with Crippen molar-refractivity contribution in [3.05, 3.63) is 115 Å². The zero-order valence-corrected chi connectivity index (χ0v) is 19.3. The predicted molar refractivity (Wildman–Crippen MR) is 134 cm³/mol. The van der Waals surface area contributed by atoms with Crippen molar-refractivity contribution in [2.75, 3.05) is 6.61 Å². The topological polar surface area (TPSA) is 78.9 Å². The Kier molecular flexibility index (Phi) is 9.06. The third kappa shape index (κ3) is 7.63. The van der Waals surface area contributed by atoms with Gasteiger partial charge in [0.25, 0.3) is 0 Å². The van der Waals surface area contributed by atoms with Crippen LogP contribution in [0.4, 0.5) is 4.39 Å². The van der Waals surface area contributed by atoms with E-state index >= 15 is 0 Å². The Morgan fingerprint density at radius 1 is 0.778 bits per heavy atom. The van der Waals surface area contributed by atoms with E-state index in [1.165, 1.54) is 18.2 Å². The van der Waals surface area contributed by atoms with Crippen LogP contribution < -0.4 is 9.47 Å². The molecule has 0 bridgehead atoms. The lowest BCUT2D eigenvalue weighted by Crippen LogP contribution is -2.05. The lowest BCUT2D eigenvalue weighted by Gasteiger charge is -2.07. The minimum Gasteiger partial charge on any atom is -0.462 e. The van der Waals surface area contributed by atoms with Crippen LogP contribution in [0.3, 0.4) is 0 Å². The fraction of sp³-hybridized carbons (Fsp3) is 0.0690. The number of carbonyl (C=O) groups excluding carboxylic acids is 3. The van der Waals surface area contributed by atoms with Crippen molar-refractivity contribution in [3.8, 4) is 22.6 Å². The number of carbonyl (C=O) groups is 3. The smallest absolute Gasteiger partial charge is 0.336 e. The summed E-state index contributed by atoms with van der Waals surface area (Å²) in [5, 5.41) is 0. The number of hydrogen-bond acceptors (Lipinski definition) is 6. The van der Waals surface area contributed by atoms with Gasteiger partial charge in [0, 0.05) is 30.2 Å². The summed E-state index contributed by atoms with van der Waals surface area (Å²) in [6, 6.07) is 17.7. The van der Waals surface area contributed by atoms with Crippen LogP contribution in [0, 0.1) is 5.82 Å². The largest absolute Gasteiger partial charge is 0.462 e. The molecule has 0 amide bonds. The molecular weight excluding hydrogens is 463 g/mol. The number of benzene rings is 3. The Bertz CT molecular complexity index is 1290. The van der Waals surface area contributed by atoms with Gasteiger partial charge >= 0.3 is 17.9 Å². The Morgan fingerprint density at radius 3 is 2.00 bits per heavy atom. The first kappa shape index (κ1) is 25.8. The minimum absolute atomic E-state index is 0.221. The third-order valence-corrected chi connectivity index (χ3v) is 4.90. The van der Waals surface area contributed by atoms with Gasteiger partial charge in [-0.3, -0.25) is 0 Å². The highest BCUT2D eigenvalue weighted by molar-refractivity contribution is 5.89. The molecule has 0 spiro atoms. The molecule has 0 radical (unpaired) electrons. The van der Waals surface area contributed by atoms with Crippen LogP contribution in [0.5, 0.6) is 11.5 Å². The summed E-state index contributed by atoms with van der Waals surface area (Å²) >= 11 is 0. The molecule has 0 fully saturated rings. The standard InChI is InChI=1S/C29H23FO6/c1-3-27(31)34-18-17-20-5-11-23(12-6-20)36-29(33)16-8-21-7-15-25(26(30)19-21)22-9-13-24(14-10-22)35-28(32)4-2/h3-16,19H,1-2,17-18H2/b16-8+. The first-order valence-corrected chi connectivity index (χ1v) is 10.9. The summed E-state index contributed by atoms with van der Waals surface area (Å²) in [5.41, 5.74) is 2.35. The minimum atomic E-state index is -0.614. The van der Waals surface area contributed by atoms with Crippen LogP contribution in [0.1, 0.15) is 11.1 Å². The number of rotatable bonds is 10. The maximum atomic E-state index is 14.7. The van der Waals surface area contributed by atoms with E-state index < -0.39 is 23.7 Å². The molecule has 36 heavy (non-hydrogen) atoms. The number of hydrogen-bond donors (Lipinski definition) is 0. The van der Waals surface area contributed by atoms with Crippen LogP contribution in [0.15, 0.2) is 98.1 Å². The van der Waals surface area contributed by atoms with E-state index in [4.69, 9.17) is 14.2 Å². The van der Waals surface area contributed by atoms with Crippen LogP contribution in [0.25, 0.3) is 17.2 Å². The number of ether oxygens (including phenoxy) is 3. The fourth-order valence-corrected chi connectivity index (χ4v) is 3.10. The molecule has 0 atom stereocenters.